The molecule has 0 aromatic rings. The van der Waals surface area contributed by atoms with Crippen molar-refractivity contribution < 1.29 is 0 Å². The summed E-state index contributed by atoms with van der Waals surface area (Å²) in [6, 6.07) is 0. The van der Waals surface area contributed by atoms with Crippen LogP contribution in [0.15, 0.2) is 59.8 Å². The topological polar surface area (TPSA) is 0 Å². The van der Waals surface area contributed by atoms with Crippen molar-refractivity contribution in [3.05, 3.63) is 59.8 Å². The zero-order valence-electron chi connectivity index (χ0n) is 9.79. The summed E-state index contributed by atoms with van der Waals surface area (Å²) in [5.41, 5.74) is 4.09. The third-order valence-corrected chi connectivity index (χ3v) is 2.66. The first kappa shape index (κ1) is 11.8. The van der Waals surface area contributed by atoms with Gasteiger partial charge in [-0.05, 0) is 37.3 Å². The summed E-state index contributed by atoms with van der Waals surface area (Å²) >= 11 is 0. The first-order valence-corrected chi connectivity index (χ1v) is 5.67. The summed E-state index contributed by atoms with van der Waals surface area (Å²) in [5.74, 6) is 0. The van der Waals surface area contributed by atoms with Crippen LogP contribution in [0.25, 0.3) is 0 Å². The molecule has 0 fully saturated rings. The highest BCUT2D eigenvalue weighted by Gasteiger charge is 2.05. The number of rotatable bonds is 4. The van der Waals surface area contributed by atoms with Gasteiger partial charge in [0.25, 0.3) is 0 Å². The van der Waals surface area contributed by atoms with Gasteiger partial charge in [0, 0.05) is 0 Å². The van der Waals surface area contributed by atoms with E-state index in [9.17, 15) is 0 Å². The maximum Gasteiger partial charge on any atom is -0.0193 e. The molecular weight excluding hydrogens is 180 g/mol. The molecule has 0 saturated heterocycles. The standard InChI is InChI=1S/C15H20/c1-4-7-10-14(6-3)15-11-8-9-13(5-2)12-15/h4,6-7,10-12H,3,5,8-9H2,1-2H3/b7-4-,14-10+. The van der Waals surface area contributed by atoms with E-state index >= 15 is 0 Å². The minimum atomic E-state index is 1.16. The summed E-state index contributed by atoms with van der Waals surface area (Å²) in [7, 11) is 0. The van der Waals surface area contributed by atoms with Crippen LogP contribution in [0.1, 0.15) is 33.1 Å². The third-order valence-electron chi connectivity index (χ3n) is 2.66. The van der Waals surface area contributed by atoms with Crippen LogP contribution in [-0.4, -0.2) is 0 Å². The fourth-order valence-corrected chi connectivity index (χ4v) is 1.73. The van der Waals surface area contributed by atoms with Gasteiger partial charge in [0.05, 0.1) is 0 Å². The molecule has 0 radical (unpaired) electrons. The fraction of sp³-hybridized carbons (Fsp3) is 0.333. The van der Waals surface area contributed by atoms with Gasteiger partial charge in [0.15, 0.2) is 0 Å². The molecule has 0 N–H and O–H groups in total. The number of hydrogen-bond acceptors (Lipinski definition) is 0. The monoisotopic (exact) mass is 200 g/mol. The van der Waals surface area contributed by atoms with Crippen LogP contribution in [0, 0.1) is 0 Å². The van der Waals surface area contributed by atoms with Crippen LogP contribution in [0.4, 0.5) is 0 Å². The molecule has 0 bridgehead atoms. The Morgan fingerprint density at radius 1 is 1.53 bits per heavy atom. The average Bonchev–Trinajstić information content (AvgIpc) is 2.30. The Hall–Kier alpha value is -1.30. The summed E-state index contributed by atoms with van der Waals surface area (Å²) in [6.45, 7) is 8.12. The van der Waals surface area contributed by atoms with Gasteiger partial charge < -0.3 is 0 Å². The van der Waals surface area contributed by atoms with Gasteiger partial charge in [-0.3, -0.25) is 0 Å². The van der Waals surface area contributed by atoms with E-state index in [0.717, 1.165) is 12.8 Å². The molecular formula is C15H20. The Bertz CT molecular complexity index is 335. The molecule has 0 nitrogen and oxygen atoms in total. The van der Waals surface area contributed by atoms with Crippen LogP contribution in [0.3, 0.4) is 0 Å². The van der Waals surface area contributed by atoms with Crippen molar-refractivity contribution in [3.63, 3.8) is 0 Å². The molecule has 0 spiro atoms. The predicted octanol–water partition coefficient (Wildman–Crippen LogP) is 4.73. The lowest BCUT2D eigenvalue weighted by Crippen LogP contribution is -1.93. The van der Waals surface area contributed by atoms with Crippen molar-refractivity contribution in [2.45, 2.75) is 33.1 Å². The van der Waals surface area contributed by atoms with E-state index in [-0.39, 0.29) is 0 Å². The quantitative estimate of drug-likeness (QED) is 0.575. The third kappa shape index (κ3) is 3.39. The minimum Gasteiger partial charge on any atom is -0.0984 e. The molecule has 0 amide bonds. The molecule has 80 valence electrons. The summed E-state index contributed by atoms with van der Waals surface area (Å²) in [6.07, 6.45) is 16.3. The van der Waals surface area contributed by atoms with Crippen LogP contribution in [-0.2, 0) is 0 Å². The van der Waals surface area contributed by atoms with Gasteiger partial charge >= 0.3 is 0 Å². The Balaban J connectivity index is 2.91. The Morgan fingerprint density at radius 3 is 2.93 bits per heavy atom. The number of allylic oxidation sites excluding steroid dienone is 9. The highest BCUT2D eigenvalue weighted by atomic mass is 14.1. The number of hydrogen-bond donors (Lipinski definition) is 0. The van der Waals surface area contributed by atoms with Gasteiger partial charge in [-0.1, -0.05) is 55.5 Å². The lowest BCUT2D eigenvalue weighted by molar-refractivity contribution is 0.886. The molecule has 0 aliphatic heterocycles. The molecule has 1 rings (SSSR count). The van der Waals surface area contributed by atoms with Gasteiger partial charge in [-0.15, -0.1) is 0 Å². The Labute approximate surface area is 93.4 Å². The van der Waals surface area contributed by atoms with Crippen molar-refractivity contribution in [3.8, 4) is 0 Å². The van der Waals surface area contributed by atoms with Crippen LogP contribution >= 0.6 is 0 Å². The van der Waals surface area contributed by atoms with Gasteiger partial charge in [-0.2, -0.15) is 0 Å². The zero-order valence-corrected chi connectivity index (χ0v) is 9.79. The summed E-state index contributed by atoms with van der Waals surface area (Å²) in [5, 5.41) is 0. The smallest absolute Gasteiger partial charge is 0.0193 e. The van der Waals surface area contributed by atoms with Crippen molar-refractivity contribution in [1.29, 1.82) is 0 Å². The van der Waals surface area contributed by atoms with E-state index in [2.05, 4.69) is 37.8 Å². The summed E-state index contributed by atoms with van der Waals surface area (Å²) < 4.78 is 0. The average molecular weight is 200 g/mol. The highest BCUT2D eigenvalue weighted by molar-refractivity contribution is 5.49. The van der Waals surface area contributed by atoms with Crippen LogP contribution < -0.4 is 0 Å². The van der Waals surface area contributed by atoms with Crippen LogP contribution in [0.5, 0.6) is 0 Å². The van der Waals surface area contributed by atoms with Crippen molar-refractivity contribution in [2.75, 3.05) is 0 Å². The van der Waals surface area contributed by atoms with E-state index < -0.39 is 0 Å². The maximum absolute atomic E-state index is 3.87. The lowest BCUT2D eigenvalue weighted by Gasteiger charge is -2.13. The Kier molecular flexibility index (Phi) is 4.89. The predicted molar refractivity (Wildman–Crippen MR) is 68.8 cm³/mol. The van der Waals surface area contributed by atoms with Gasteiger partial charge in [-0.25, -0.2) is 0 Å². The van der Waals surface area contributed by atoms with Crippen molar-refractivity contribution in [2.24, 2.45) is 0 Å². The largest absolute Gasteiger partial charge is 0.0984 e. The second-order valence-electron chi connectivity index (χ2n) is 3.71. The molecule has 0 atom stereocenters. The van der Waals surface area contributed by atoms with E-state index in [1.807, 2.05) is 19.1 Å². The molecule has 0 heterocycles. The van der Waals surface area contributed by atoms with E-state index in [1.54, 1.807) is 5.57 Å². The first-order valence-electron chi connectivity index (χ1n) is 5.67. The molecule has 0 aromatic heterocycles. The molecule has 0 heteroatoms. The molecule has 1 aliphatic carbocycles. The minimum absolute atomic E-state index is 1.16. The fourth-order valence-electron chi connectivity index (χ4n) is 1.73. The molecule has 0 unspecified atom stereocenters. The van der Waals surface area contributed by atoms with Gasteiger partial charge in [0.2, 0.25) is 0 Å². The zero-order chi connectivity index (χ0) is 11.1. The van der Waals surface area contributed by atoms with E-state index in [4.69, 9.17) is 0 Å². The SMILES string of the molecule is C=C/C(=C\C=C/C)C1=CCCC(CC)=C1. The summed E-state index contributed by atoms with van der Waals surface area (Å²) in [4.78, 5) is 0. The van der Waals surface area contributed by atoms with E-state index in [0.29, 0.717) is 0 Å². The van der Waals surface area contributed by atoms with Crippen molar-refractivity contribution >= 4 is 0 Å². The van der Waals surface area contributed by atoms with Gasteiger partial charge in [0.1, 0.15) is 0 Å². The van der Waals surface area contributed by atoms with E-state index in [1.165, 1.54) is 17.6 Å². The first-order chi connectivity index (χ1) is 7.31. The highest BCUT2D eigenvalue weighted by Crippen LogP contribution is 2.24. The maximum atomic E-state index is 3.87. The molecule has 15 heavy (non-hydrogen) atoms. The molecule has 0 aromatic carbocycles. The second kappa shape index (κ2) is 6.23. The second-order valence-corrected chi connectivity index (χ2v) is 3.71. The van der Waals surface area contributed by atoms with Crippen LogP contribution in [0.2, 0.25) is 0 Å². The molecule has 1 aliphatic rings. The normalized spacial score (nSPS) is 17.6. The lowest BCUT2D eigenvalue weighted by atomic mass is 9.93. The Morgan fingerprint density at radius 2 is 2.33 bits per heavy atom. The molecule has 0 saturated carbocycles. The van der Waals surface area contributed by atoms with Crippen molar-refractivity contribution in [1.82, 2.24) is 0 Å².